The number of nitrogens with zero attached hydrogens (tertiary/aromatic N) is 3. The minimum Gasteiger partial charge on any atom is -0.332 e. The van der Waals surface area contributed by atoms with Gasteiger partial charge >= 0.3 is 0 Å². The highest BCUT2D eigenvalue weighted by Crippen LogP contribution is 2.33. The van der Waals surface area contributed by atoms with Gasteiger partial charge in [0.05, 0.1) is 23.2 Å². The number of nitrogens with one attached hydrogen (secondary N) is 1. The number of amides is 2. The van der Waals surface area contributed by atoms with Crippen LogP contribution < -0.4 is 5.56 Å². The summed E-state index contributed by atoms with van der Waals surface area (Å²) >= 11 is 1.42. The Hall–Kier alpha value is -2.74. The minimum absolute atomic E-state index is 0.0210. The summed E-state index contributed by atoms with van der Waals surface area (Å²) in [6, 6.07) is 3.49. The van der Waals surface area contributed by atoms with E-state index in [-0.39, 0.29) is 29.3 Å². The van der Waals surface area contributed by atoms with Gasteiger partial charge in [0, 0.05) is 24.6 Å². The van der Waals surface area contributed by atoms with Crippen LogP contribution in [0.3, 0.4) is 0 Å². The molecule has 2 unspecified atom stereocenters. The lowest BCUT2D eigenvalue weighted by Gasteiger charge is -2.31. The maximum atomic E-state index is 13.2. The highest BCUT2D eigenvalue weighted by Gasteiger charge is 2.36. The molecule has 4 heterocycles. The lowest BCUT2D eigenvalue weighted by Crippen LogP contribution is -2.41. The molecule has 7 nitrogen and oxygen atoms in total. The van der Waals surface area contributed by atoms with E-state index in [2.05, 4.69) is 17.1 Å². The molecule has 3 aliphatic rings. The Morgan fingerprint density at radius 3 is 2.87 bits per heavy atom. The first-order valence-electron chi connectivity index (χ1n) is 11.0. The van der Waals surface area contributed by atoms with Crippen molar-refractivity contribution in [1.29, 1.82) is 0 Å². The fourth-order valence-electron chi connectivity index (χ4n) is 4.91. The Morgan fingerprint density at radius 2 is 2.10 bits per heavy atom. The van der Waals surface area contributed by atoms with Crippen molar-refractivity contribution in [2.75, 3.05) is 13.1 Å². The predicted molar refractivity (Wildman–Crippen MR) is 118 cm³/mol. The molecule has 0 aromatic carbocycles. The molecule has 2 aromatic heterocycles. The Morgan fingerprint density at radius 1 is 1.19 bits per heavy atom. The normalized spacial score (nSPS) is 23.1. The monoisotopic (exact) mass is 438 g/mol. The number of carbonyl (C=O) groups excluding carboxylic acids is 2. The number of hydrogen-bond donors (Lipinski definition) is 1. The van der Waals surface area contributed by atoms with Gasteiger partial charge in [-0.3, -0.25) is 14.4 Å². The van der Waals surface area contributed by atoms with Crippen LogP contribution in [0.25, 0.3) is 0 Å². The number of aromatic nitrogens is 2. The van der Waals surface area contributed by atoms with Gasteiger partial charge in [-0.05, 0) is 50.0 Å². The van der Waals surface area contributed by atoms with Crippen LogP contribution in [0.1, 0.15) is 64.9 Å². The fraction of sp³-hybridized carbons (Fsp3) is 0.478. The van der Waals surface area contributed by atoms with Crippen molar-refractivity contribution in [1.82, 2.24) is 19.8 Å². The van der Waals surface area contributed by atoms with E-state index in [0.29, 0.717) is 48.0 Å². The van der Waals surface area contributed by atoms with Crippen LogP contribution >= 0.6 is 11.3 Å². The van der Waals surface area contributed by atoms with Gasteiger partial charge in [0.1, 0.15) is 5.82 Å². The molecule has 5 rings (SSSR count). The number of fused-ring (bicyclic) bond motifs is 1. The van der Waals surface area contributed by atoms with E-state index in [1.54, 1.807) is 4.90 Å². The van der Waals surface area contributed by atoms with Crippen molar-refractivity contribution in [2.45, 2.75) is 51.1 Å². The molecule has 2 aromatic rings. The summed E-state index contributed by atoms with van der Waals surface area (Å²) in [5.74, 6) is 0.731. The number of carbonyl (C=O) groups is 2. The predicted octanol–water partition coefficient (Wildman–Crippen LogP) is 3.05. The fourth-order valence-corrected chi connectivity index (χ4v) is 5.60. The number of allylic oxidation sites excluding steroid dienone is 2. The van der Waals surface area contributed by atoms with E-state index in [9.17, 15) is 14.4 Å². The maximum absolute atomic E-state index is 13.2. The molecule has 1 fully saturated rings. The second kappa shape index (κ2) is 8.42. The van der Waals surface area contributed by atoms with Gasteiger partial charge in [-0.2, -0.15) is 0 Å². The number of thiophene rings is 1. The smallest absolute Gasteiger partial charge is 0.264 e. The highest BCUT2D eigenvalue weighted by molar-refractivity contribution is 7.12. The molecule has 162 valence electrons. The Kier molecular flexibility index (Phi) is 5.48. The zero-order valence-electron chi connectivity index (χ0n) is 17.4. The lowest BCUT2D eigenvalue weighted by atomic mass is 9.93. The second-order valence-electron chi connectivity index (χ2n) is 8.50. The number of H-pyrrole nitrogens is 1. The quantitative estimate of drug-likeness (QED) is 0.747. The third-order valence-corrected chi connectivity index (χ3v) is 7.44. The molecule has 31 heavy (non-hydrogen) atoms. The number of rotatable bonds is 3. The molecule has 2 amide bonds. The first kappa shape index (κ1) is 20.2. The molecular weight excluding hydrogens is 412 g/mol. The van der Waals surface area contributed by atoms with Gasteiger partial charge in [-0.15, -0.1) is 11.3 Å². The van der Waals surface area contributed by atoms with Gasteiger partial charge in [0.2, 0.25) is 5.91 Å². The van der Waals surface area contributed by atoms with E-state index in [0.717, 1.165) is 32.1 Å². The zero-order chi connectivity index (χ0) is 21.4. The van der Waals surface area contributed by atoms with E-state index in [4.69, 9.17) is 4.98 Å². The van der Waals surface area contributed by atoms with Gasteiger partial charge in [-0.25, -0.2) is 4.98 Å². The largest absolute Gasteiger partial charge is 0.332 e. The maximum Gasteiger partial charge on any atom is 0.264 e. The van der Waals surface area contributed by atoms with E-state index in [1.165, 1.54) is 11.3 Å². The highest BCUT2D eigenvalue weighted by atomic mass is 32.1. The van der Waals surface area contributed by atoms with Crippen LogP contribution in [-0.2, 0) is 17.8 Å². The van der Waals surface area contributed by atoms with Gasteiger partial charge in [-0.1, -0.05) is 18.2 Å². The molecular formula is C23H26N4O3S. The van der Waals surface area contributed by atoms with E-state index < -0.39 is 0 Å². The topological polar surface area (TPSA) is 86.4 Å². The van der Waals surface area contributed by atoms with E-state index >= 15 is 0 Å². The molecule has 2 atom stereocenters. The average Bonchev–Trinajstić information content (AvgIpc) is 3.50. The molecule has 1 aliphatic carbocycles. The lowest BCUT2D eigenvalue weighted by molar-refractivity contribution is -0.136. The van der Waals surface area contributed by atoms with Crippen molar-refractivity contribution in [3.8, 4) is 0 Å². The summed E-state index contributed by atoms with van der Waals surface area (Å²) in [5, 5.41) is 1.89. The summed E-state index contributed by atoms with van der Waals surface area (Å²) in [7, 11) is 0. The van der Waals surface area contributed by atoms with Crippen LogP contribution in [0.15, 0.2) is 34.5 Å². The van der Waals surface area contributed by atoms with Crippen LogP contribution in [0.5, 0.6) is 0 Å². The van der Waals surface area contributed by atoms with Crippen LogP contribution in [0.4, 0.5) is 0 Å². The molecule has 8 heteroatoms. The van der Waals surface area contributed by atoms with Crippen molar-refractivity contribution < 1.29 is 9.59 Å². The molecule has 0 bridgehead atoms. The number of hydrogen-bond acceptors (Lipinski definition) is 5. The van der Waals surface area contributed by atoms with Crippen molar-refractivity contribution in [3.63, 3.8) is 0 Å². The third kappa shape index (κ3) is 3.84. The second-order valence-corrected chi connectivity index (χ2v) is 9.45. The Balaban J connectivity index is 1.39. The van der Waals surface area contributed by atoms with Crippen molar-refractivity contribution >= 4 is 23.2 Å². The molecule has 1 saturated heterocycles. The first-order chi connectivity index (χ1) is 15.1. The molecule has 1 N–H and O–H groups in total. The van der Waals surface area contributed by atoms with Crippen LogP contribution in [-0.4, -0.2) is 44.7 Å². The zero-order valence-corrected chi connectivity index (χ0v) is 18.2. The Labute approximate surface area is 184 Å². The SMILES string of the molecule is O=C(c1cccs1)N1CCc2c(nc(C3CCCN3C(=O)C3CC=CCC3)[nH]c2=O)C1. The van der Waals surface area contributed by atoms with Gasteiger partial charge < -0.3 is 14.8 Å². The Bertz CT molecular complexity index is 1070. The molecule has 2 aliphatic heterocycles. The first-order valence-corrected chi connectivity index (χ1v) is 11.9. The summed E-state index contributed by atoms with van der Waals surface area (Å²) in [6.07, 6.45) is 9.04. The summed E-state index contributed by atoms with van der Waals surface area (Å²) in [6.45, 7) is 1.54. The minimum atomic E-state index is -0.195. The average molecular weight is 439 g/mol. The van der Waals surface area contributed by atoms with Gasteiger partial charge in [0.15, 0.2) is 0 Å². The molecule has 0 saturated carbocycles. The van der Waals surface area contributed by atoms with Gasteiger partial charge in [0.25, 0.3) is 11.5 Å². The number of aromatic amines is 1. The van der Waals surface area contributed by atoms with Crippen LogP contribution in [0, 0.1) is 5.92 Å². The molecule has 0 radical (unpaired) electrons. The summed E-state index contributed by atoms with van der Waals surface area (Å²) in [5.41, 5.74) is 1.19. The standard InChI is InChI=1S/C23H26N4O3S/c28-21-16-10-12-26(23(30)19-9-5-13-31-19)14-17(16)24-20(25-21)18-8-4-11-27(18)22(29)15-6-2-1-3-7-15/h1-2,5,9,13,15,18H,3-4,6-8,10-12,14H2,(H,24,25,28). The third-order valence-electron chi connectivity index (χ3n) is 6.58. The van der Waals surface area contributed by atoms with Crippen LogP contribution in [0.2, 0.25) is 0 Å². The number of likely N-dealkylation sites (tertiary alicyclic amines) is 1. The molecule has 0 spiro atoms. The van der Waals surface area contributed by atoms with Crippen molar-refractivity contribution in [3.05, 3.63) is 62.0 Å². The summed E-state index contributed by atoms with van der Waals surface area (Å²) in [4.78, 5) is 50.9. The van der Waals surface area contributed by atoms with Crippen molar-refractivity contribution in [2.24, 2.45) is 5.92 Å². The summed E-state index contributed by atoms with van der Waals surface area (Å²) < 4.78 is 0. The van der Waals surface area contributed by atoms with E-state index in [1.807, 2.05) is 22.4 Å².